The number of nitrogens with zero attached hydrogens (tertiary/aromatic N) is 4. The number of aromatic nitrogens is 2. The van der Waals surface area contributed by atoms with Crippen LogP contribution in [0.1, 0.15) is 34.0 Å². The molecule has 0 atom stereocenters. The molecule has 0 unspecified atom stereocenters. The van der Waals surface area contributed by atoms with E-state index in [4.69, 9.17) is 0 Å². The molecule has 4 rings (SSSR count). The minimum Gasteiger partial charge on any atom is -0.369 e. The molecule has 1 fully saturated rings. The number of halogens is 1. The molecule has 0 saturated carbocycles. The Hall–Kier alpha value is -3.24. The molecule has 2 heterocycles. The van der Waals surface area contributed by atoms with Gasteiger partial charge in [-0.25, -0.2) is 12.8 Å². The molecular weight excluding hydrogens is 469 g/mol. The van der Waals surface area contributed by atoms with Crippen LogP contribution in [-0.2, 0) is 23.1 Å². The number of piperazine rings is 1. The summed E-state index contributed by atoms with van der Waals surface area (Å²) in [5.74, 6) is -0.906. The van der Waals surface area contributed by atoms with Crippen LogP contribution < -0.4 is 10.2 Å². The molecule has 0 bridgehead atoms. The molecule has 1 aromatic heterocycles. The number of hydrogen-bond acceptors (Lipinski definition) is 5. The molecule has 2 aromatic carbocycles. The molecule has 10 heteroatoms. The summed E-state index contributed by atoms with van der Waals surface area (Å²) in [4.78, 5) is 15.1. The minimum absolute atomic E-state index is 0.00548. The summed E-state index contributed by atoms with van der Waals surface area (Å²) in [6.45, 7) is 8.21. The van der Waals surface area contributed by atoms with Gasteiger partial charge in [-0.1, -0.05) is 24.3 Å². The molecule has 3 aromatic rings. The lowest BCUT2D eigenvalue weighted by atomic mass is 10.1. The van der Waals surface area contributed by atoms with E-state index in [0.717, 1.165) is 5.69 Å². The van der Waals surface area contributed by atoms with Crippen LogP contribution in [0, 0.1) is 19.7 Å². The first-order valence-corrected chi connectivity index (χ1v) is 13.1. The average molecular weight is 500 g/mol. The van der Waals surface area contributed by atoms with Gasteiger partial charge in [0.25, 0.3) is 15.9 Å². The average Bonchev–Trinajstić information content (AvgIpc) is 3.31. The number of benzene rings is 2. The number of carbonyl (C=O) groups excluding carboxylic acids is 1. The highest BCUT2D eigenvalue weighted by atomic mass is 32.2. The van der Waals surface area contributed by atoms with Crippen LogP contribution in [0.15, 0.2) is 53.7 Å². The number of nitrogens with one attached hydrogen (secondary N) is 1. The molecule has 1 saturated heterocycles. The van der Waals surface area contributed by atoms with E-state index in [0.29, 0.717) is 38.3 Å². The van der Waals surface area contributed by atoms with E-state index in [1.807, 2.05) is 13.0 Å². The van der Waals surface area contributed by atoms with Gasteiger partial charge in [-0.3, -0.25) is 9.48 Å². The maximum Gasteiger partial charge on any atom is 0.263 e. The number of carbonyl (C=O) groups is 1. The Kier molecular flexibility index (Phi) is 7.23. The monoisotopic (exact) mass is 499 g/mol. The van der Waals surface area contributed by atoms with E-state index >= 15 is 0 Å². The van der Waals surface area contributed by atoms with Crippen molar-refractivity contribution in [1.29, 1.82) is 0 Å². The largest absolute Gasteiger partial charge is 0.369 e. The summed E-state index contributed by atoms with van der Waals surface area (Å²) in [5.41, 5.74) is 4.20. The Labute approximate surface area is 205 Å². The zero-order valence-electron chi connectivity index (χ0n) is 20.2. The van der Waals surface area contributed by atoms with E-state index in [9.17, 15) is 17.6 Å². The second kappa shape index (κ2) is 10.2. The van der Waals surface area contributed by atoms with Gasteiger partial charge >= 0.3 is 0 Å². The summed E-state index contributed by atoms with van der Waals surface area (Å²) >= 11 is 0. The predicted molar refractivity (Wildman–Crippen MR) is 132 cm³/mol. The molecule has 1 amide bonds. The number of rotatable bonds is 7. The van der Waals surface area contributed by atoms with Crippen LogP contribution >= 0.6 is 0 Å². The lowest BCUT2D eigenvalue weighted by molar-refractivity contribution is 0.0947. The number of hydrogen-bond donors (Lipinski definition) is 1. The summed E-state index contributed by atoms with van der Waals surface area (Å²) in [6.07, 6.45) is 1.46. The molecule has 35 heavy (non-hydrogen) atoms. The zero-order valence-corrected chi connectivity index (χ0v) is 21.0. The first kappa shape index (κ1) is 24.9. The molecule has 0 radical (unpaired) electrons. The molecule has 0 aliphatic carbocycles. The predicted octanol–water partition coefficient (Wildman–Crippen LogP) is 3.10. The van der Waals surface area contributed by atoms with Gasteiger partial charge in [-0.15, -0.1) is 0 Å². The van der Waals surface area contributed by atoms with Gasteiger partial charge in [0.2, 0.25) is 5.03 Å². The molecule has 8 nitrogen and oxygen atoms in total. The van der Waals surface area contributed by atoms with E-state index in [-0.39, 0.29) is 23.0 Å². The van der Waals surface area contributed by atoms with Crippen LogP contribution in [0.3, 0.4) is 0 Å². The highest BCUT2D eigenvalue weighted by molar-refractivity contribution is 7.89. The molecule has 1 N–H and O–H groups in total. The van der Waals surface area contributed by atoms with Gasteiger partial charge in [0.05, 0.1) is 5.56 Å². The van der Waals surface area contributed by atoms with Gasteiger partial charge in [0, 0.05) is 51.2 Å². The van der Waals surface area contributed by atoms with Crippen molar-refractivity contribution in [2.24, 2.45) is 0 Å². The first-order chi connectivity index (χ1) is 16.7. The zero-order chi connectivity index (χ0) is 25.2. The molecule has 1 aliphatic rings. The topological polar surface area (TPSA) is 87.5 Å². The van der Waals surface area contributed by atoms with Gasteiger partial charge in [-0.2, -0.15) is 9.40 Å². The van der Waals surface area contributed by atoms with Crippen molar-refractivity contribution in [3.05, 3.63) is 76.7 Å². The number of amides is 1. The molecular formula is C25H30FN5O3S. The smallest absolute Gasteiger partial charge is 0.263 e. The van der Waals surface area contributed by atoms with Crippen LogP contribution in [0.4, 0.5) is 10.1 Å². The second-order valence-corrected chi connectivity index (χ2v) is 10.5. The lowest BCUT2D eigenvalue weighted by Crippen LogP contribution is -2.49. The fraction of sp³-hybridized carbons (Fsp3) is 0.360. The number of aryl methyl sites for hydroxylation is 2. The minimum atomic E-state index is -3.98. The van der Waals surface area contributed by atoms with Crippen LogP contribution in [0.2, 0.25) is 0 Å². The van der Waals surface area contributed by atoms with Crippen molar-refractivity contribution in [3.8, 4) is 0 Å². The number of sulfonamides is 1. The highest BCUT2D eigenvalue weighted by Gasteiger charge is 2.35. The van der Waals surface area contributed by atoms with Gasteiger partial charge in [0.15, 0.2) is 0 Å². The quantitative estimate of drug-likeness (QED) is 0.540. The maximum atomic E-state index is 13.5. The summed E-state index contributed by atoms with van der Waals surface area (Å²) in [6, 6.07) is 11.9. The normalized spacial score (nSPS) is 14.8. The van der Waals surface area contributed by atoms with Crippen molar-refractivity contribution in [2.75, 3.05) is 31.1 Å². The van der Waals surface area contributed by atoms with Crippen molar-refractivity contribution < 1.29 is 17.6 Å². The van der Waals surface area contributed by atoms with E-state index in [2.05, 4.69) is 41.3 Å². The Morgan fingerprint density at radius 1 is 1.06 bits per heavy atom. The van der Waals surface area contributed by atoms with Crippen molar-refractivity contribution in [1.82, 2.24) is 19.4 Å². The standard InChI is InChI=1S/C25H30FN5O3S/c1-4-30-17-22(24(32)27-16-20-8-10-21(26)11-9-20)25(28-30)35(33,34)31-14-12-29(13-15-31)23-7-5-6-18(2)19(23)3/h5-11,17H,4,12-16H2,1-3H3,(H,27,32). The Bertz CT molecular complexity index is 1310. The van der Waals surface area contributed by atoms with Crippen molar-refractivity contribution in [2.45, 2.75) is 38.9 Å². The molecule has 1 aliphatic heterocycles. The fourth-order valence-corrected chi connectivity index (χ4v) is 5.68. The van der Waals surface area contributed by atoms with Crippen LogP contribution in [-0.4, -0.2) is 54.6 Å². The molecule has 186 valence electrons. The van der Waals surface area contributed by atoms with Gasteiger partial charge in [-0.05, 0) is 55.7 Å². The summed E-state index contributed by atoms with van der Waals surface area (Å²) < 4.78 is 43.0. The third-order valence-corrected chi connectivity index (χ3v) is 8.24. The maximum absolute atomic E-state index is 13.5. The SMILES string of the molecule is CCn1cc(C(=O)NCc2ccc(F)cc2)c(S(=O)(=O)N2CCN(c3cccc(C)c3C)CC2)n1. The second-order valence-electron chi connectivity index (χ2n) is 8.62. The van der Waals surface area contributed by atoms with Crippen molar-refractivity contribution in [3.63, 3.8) is 0 Å². The molecule has 0 spiro atoms. The van der Waals surface area contributed by atoms with Crippen LogP contribution in [0.25, 0.3) is 0 Å². The Balaban J connectivity index is 1.50. The Morgan fingerprint density at radius 2 is 1.74 bits per heavy atom. The van der Waals surface area contributed by atoms with E-state index < -0.39 is 15.9 Å². The van der Waals surface area contributed by atoms with E-state index in [1.54, 1.807) is 12.1 Å². The van der Waals surface area contributed by atoms with E-state index in [1.165, 1.54) is 38.4 Å². The van der Waals surface area contributed by atoms with Gasteiger partial charge in [0.1, 0.15) is 5.82 Å². The summed E-state index contributed by atoms with van der Waals surface area (Å²) in [5, 5.41) is 6.71. The van der Waals surface area contributed by atoms with Gasteiger partial charge < -0.3 is 10.2 Å². The van der Waals surface area contributed by atoms with Crippen LogP contribution in [0.5, 0.6) is 0 Å². The summed E-state index contributed by atoms with van der Waals surface area (Å²) in [7, 11) is -3.98. The third-order valence-electron chi connectivity index (χ3n) is 6.40. The lowest BCUT2D eigenvalue weighted by Gasteiger charge is -2.36. The third kappa shape index (κ3) is 5.23. The Morgan fingerprint density at radius 3 is 2.40 bits per heavy atom. The fourth-order valence-electron chi connectivity index (χ4n) is 4.16. The first-order valence-electron chi connectivity index (χ1n) is 11.6. The highest BCUT2D eigenvalue weighted by Crippen LogP contribution is 2.26. The number of anilines is 1. The van der Waals surface area contributed by atoms with Crippen molar-refractivity contribution >= 4 is 21.6 Å².